The maximum Gasteiger partial charge on any atom is 0.259 e. The molecule has 1 aliphatic heterocycles. The molecule has 1 aliphatic rings. The van der Waals surface area contributed by atoms with Crippen LogP contribution in [0.2, 0.25) is 0 Å². The van der Waals surface area contributed by atoms with Gasteiger partial charge in [0.2, 0.25) is 0 Å². The van der Waals surface area contributed by atoms with Crippen LogP contribution in [0, 0.1) is 6.92 Å². The number of carbonyl (C=O) groups is 1. The van der Waals surface area contributed by atoms with Crippen LogP contribution in [-0.2, 0) is 0 Å². The van der Waals surface area contributed by atoms with Gasteiger partial charge in [-0.1, -0.05) is 12.1 Å². The highest BCUT2D eigenvalue weighted by Crippen LogP contribution is 2.29. The normalized spacial score (nSPS) is 15.9. The summed E-state index contributed by atoms with van der Waals surface area (Å²) in [5.74, 6) is 1.38. The fourth-order valence-corrected chi connectivity index (χ4v) is 3.59. The highest BCUT2D eigenvalue weighted by atomic mass is 16.5. The Morgan fingerprint density at radius 1 is 1.21 bits per heavy atom. The average molecular weight is 389 g/mol. The van der Waals surface area contributed by atoms with Crippen molar-refractivity contribution in [3.05, 3.63) is 72.1 Å². The zero-order valence-electron chi connectivity index (χ0n) is 16.5. The molecule has 0 radical (unpaired) electrons. The zero-order chi connectivity index (χ0) is 20.2. The van der Waals surface area contributed by atoms with Gasteiger partial charge in [0.05, 0.1) is 35.9 Å². The van der Waals surface area contributed by atoms with E-state index in [9.17, 15) is 4.79 Å². The highest BCUT2D eigenvalue weighted by Gasteiger charge is 2.27. The van der Waals surface area contributed by atoms with Gasteiger partial charge in [-0.25, -0.2) is 9.97 Å². The number of aryl methyl sites for hydroxylation is 1. The molecule has 3 aromatic rings. The minimum absolute atomic E-state index is 0.236. The zero-order valence-corrected chi connectivity index (χ0v) is 16.5. The van der Waals surface area contributed by atoms with Gasteiger partial charge in [-0.2, -0.15) is 0 Å². The first-order valence-electron chi connectivity index (χ1n) is 9.58. The van der Waals surface area contributed by atoms with Crippen LogP contribution in [0.3, 0.4) is 0 Å². The van der Waals surface area contributed by atoms with Crippen molar-refractivity contribution in [1.82, 2.24) is 15.0 Å². The number of aromatic nitrogens is 3. The molecule has 3 heterocycles. The predicted octanol–water partition coefficient (Wildman–Crippen LogP) is 3.43. The van der Waals surface area contributed by atoms with Crippen molar-refractivity contribution < 1.29 is 9.53 Å². The lowest BCUT2D eigenvalue weighted by Crippen LogP contribution is -2.20. The number of ether oxygens (including phenoxy) is 1. The lowest BCUT2D eigenvalue weighted by atomic mass is 10.1. The Morgan fingerprint density at radius 3 is 2.83 bits per heavy atom. The fourth-order valence-electron chi connectivity index (χ4n) is 3.59. The van der Waals surface area contributed by atoms with Gasteiger partial charge in [0.25, 0.3) is 5.91 Å². The molecule has 1 atom stereocenters. The lowest BCUT2D eigenvalue weighted by molar-refractivity contribution is 0.102. The first kappa shape index (κ1) is 18.9. The second kappa shape index (κ2) is 8.26. The molecule has 0 aliphatic carbocycles. The number of amides is 1. The minimum Gasteiger partial charge on any atom is -0.495 e. The van der Waals surface area contributed by atoms with Gasteiger partial charge >= 0.3 is 0 Å². The van der Waals surface area contributed by atoms with E-state index in [1.807, 2.05) is 31.3 Å². The molecule has 7 heteroatoms. The van der Waals surface area contributed by atoms with Gasteiger partial charge in [-0.05, 0) is 37.6 Å². The molecule has 1 saturated heterocycles. The number of methoxy groups -OCH3 is 1. The SMILES string of the molecule is COc1ccccc1NC(=O)c1cnc(C2CCN(c3cccnc3)C2)nc1C. The molecule has 2 aromatic heterocycles. The summed E-state index contributed by atoms with van der Waals surface area (Å²) in [4.78, 5) is 28.3. The number of benzene rings is 1. The maximum absolute atomic E-state index is 12.7. The van der Waals surface area contributed by atoms with Gasteiger partial charge in [-0.3, -0.25) is 9.78 Å². The number of nitrogens with one attached hydrogen (secondary N) is 1. The topological polar surface area (TPSA) is 80.2 Å². The lowest BCUT2D eigenvalue weighted by Gasteiger charge is -2.18. The van der Waals surface area contributed by atoms with Gasteiger partial charge in [-0.15, -0.1) is 0 Å². The Morgan fingerprint density at radius 2 is 2.07 bits per heavy atom. The Balaban J connectivity index is 1.47. The summed E-state index contributed by atoms with van der Waals surface area (Å²) in [5, 5.41) is 2.88. The van der Waals surface area contributed by atoms with E-state index in [1.54, 1.807) is 31.6 Å². The number of anilines is 2. The highest BCUT2D eigenvalue weighted by molar-refractivity contribution is 6.05. The molecule has 7 nitrogen and oxygen atoms in total. The van der Waals surface area contributed by atoms with Crippen LogP contribution in [0.25, 0.3) is 0 Å². The Hall–Kier alpha value is -3.48. The third-order valence-corrected chi connectivity index (χ3v) is 5.16. The van der Waals surface area contributed by atoms with Gasteiger partial charge in [0.15, 0.2) is 0 Å². The van der Waals surface area contributed by atoms with Crippen LogP contribution < -0.4 is 15.0 Å². The smallest absolute Gasteiger partial charge is 0.259 e. The number of rotatable bonds is 5. The van der Waals surface area contributed by atoms with E-state index < -0.39 is 0 Å². The van der Waals surface area contributed by atoms with E-state index in [0.29, 0.717) is 22.7 Å². The number of nitrogens with zero attached hydrogens (tertiary/aromatic N) is 4. The molecule has 1 N–H and O–H groups in total. The molecule has 29 heavy (non-hydrogen) atoms. The molecule has 0 bridgehead atoms. The Bertz CT molecular complexity index is 1010. The van der Waals surface area contributed by atoms with Crippen LogP contribution in [0.15, 0.2) is 55.0 Å². The van der Waals surface area contributed by atoms with E-state index in [-0.39, 0.29) is 11.8 Å². The van der Waals surface area contributed by atoms with Gasteiger partial charge < -0.3 is 15.0 Å². The average Bonchev–Trinajstić information content (AvgIpc) is 3.25. The standard InChI is InChI=1S/C22H23N5O2/c1-15-18(22(28)26-19-7-3-4-8-20(19)29-2)13-24-21(25-15)16-9-11-27(14-16)17-6-5-10-23-12-17/h3-8,10,12-13,16H,9,11,14H2,1-2H3,(H,26,28). The summed E-state index contributed by atoms with van der Waals surface area (Å²) in [6, 6.07) is 11.3. The number of hydrogen-bond acceptors (Lipinski definition) is 6. The molecule has 148 valence electrons. The largest absolute Gasteiger partial charge is 0.495 e. The molecule has 1 unspecified atom stereocenters. The van der Waals surface area contributed by atoms with Crippen molar-refractivity contribution in [3.63, 3.8) is 0 Å². The van der Waals surface area contributed by atoms with E-state index in [0.717, 1.165) is 31.0 Å². The van der Waals surface area contributed by atoms with Gasteiger partial charge in [0, 0.05) is 31.4 Å². The van der Waals surface area contributed by atoms with Crippen molar-refractivity contribution in [1.29, 1.82) is 0 Å². The number of hydrogen-bond donors (Lipinski definition) is 1. The first-order valence-corrected chi connectivity index (χ1v) is 9.58. The van der Waals surface area contributed by atoms with Crippen LogP contribution in [0.1, 0.15) is 34.2 Å². The molecular formula is C22H23N5O2. The fraction of sp³-hybridized carbons (Fsp3) is 0.273. The molecular weight excluding hydrogens is 366 g/mol. The van der Waals surface area contributed by atoms with E-state index in [4.69, 9.17) is 4.74 Å². The molecule has 4 rings (SSSR count). The third-order valence-electron chi connectivity index (χ3n) is 5.16. The minimum atomic E-state index is -0.248. The van der Waals surface area contributed by atoms with E-state index in [2.05, 4.69) is 31.2 Å². The summed E-state index contributed by atoms with van der Waals surface area (Å²) < 4.78 is 5.29. The maximum atomic E-state index is 12.7. The van der Waals surface area contributed by atoms with Crippen molar-refractivity contribution in [2.45, 2.75) is 19.3 Å². The first-order chi connectivity index (χ1) is 14.2. The van der Waals surface area contributed by atoms with E-state index >= 15 is 0 Å². The monoisotopic (exact) mass is 389 g/mol. The van der Waals surface area contributed by atoms with Crippen molar-refractivity contribution in [3.8, 4) is 5.75 Å². The molecule has 1 aromatic carbocycles. The summed E-state index contributed by atoms with van der Waals surface area (Å²) in [6.45, 7) is 3.63. The molecule has 0 spiro atoms. The number of pyridine rings is 1. The summed E-state index contributed by atoms with van der Waals surface area (Å²) >= 11 is 0. The van der Waals surface area contributed by atoms with Crippen LogP contribution >= 0.6 is 0 Å². The quantitative estimate of drug-likeness (QED) is 0.720. The third kappa shape index (κ3) is 4.03. The predicted molar refractivity (Wildman–Crippen MR) is 112 cm³/mol. The van der Waals surface area contributed by atoms with Crippen LogP contribution in [0.4, 0.5) is 11.4 Å². The van der Waals surface area contributed by atoms with Crippen molar-refractivity contribution >= 4 is 17.3 Å². The van der Waals surface area contributed by atoms with Crippen LogP contribution in [0.5, 0.6) is 5.75 Å². The summed E-state index contributed by atoms with van der Waals surface area (Å²) in [7, 11) is 1.57. The second-order valence-corrected chi connectivity index (χ2v) is 7.02. The Labute approximate surface area is 169 Å². The second-order valence-electron chi connectivity index (χ2n) is 7.02. The van der Waals surface area contributed by atoms with E-state index in [1.165, 1.54) is 0 Å². The number of para-hydroxylation sites is 2. The van der Waals surface area contributed by atoms with Crippen molar-refractivity contribution in [2.75, 3.05) is 30.4 Å². The van der Waals surface area contributed by atoms with Gasteiger partial charge in [0.1, 0.15) is 11.6 Å². The molecule has 0 saturated carbocycles. The summed E-state index contributed by atoms with van der Waals surface area (Å²) in [5.41, 5.74) is 2.86. The number of carbonyl (C=O) groups excluding carboxylic acids is 1. The Kier molecular flexibility index (Phi) is 5.37. The van der Waals surface area contributed by atoms with Crippen molar-refractivity contribution in [2.24, 2.45) is 0 Å². The molecule has 1 amide bonds. The van der Waals surface area contributed by atoms with Crippen LogP contribution in [-0.4, -0.2) is 41.1 Å². The molecule has 1 fully saturated rings. The summed E-state index contributed by atoms with van der Waals surface area (Å²) in [6.07, 6.45) is 6.24.